The van der Waals surface area contributed by atoms with Crippen LogP contribution in [0.25, 0.3) is 0 Å². The number of rotatable bonds is 5. The lowest BCUT2D eigenvalue weighted by atomic mass is 9.85. The summed E-state index contributed by atoms with van der Waals surface area (Å²) in [6.45, 7) is 10.9. The predicted molar refractivity (Wildman–Crippen MR) is 130 cm³/mol. The molecule has 2 aromatic rings. The molecule has 0 aliphatic carbocycles. The van der Waals surface area contributed by atoms with Gasteiger partial charge in [0.1, 0.15) is 17.3 Å². The van der Waals surface area contributed by atoms with Gasteiger partial charge in [0.25, 0.3) is 0 Å². The molecule has 4 N–H and O–H groups in total. The number of para-hydroxylation sites is 1. The largest absolute Gasteiger partial charge is 0.379 e. The molecule has 1 unspecified atom stereocenters. The van der Waals surface area contributed by atoms with Crippen molar-refractivity contribution in [1.82, 2.24) is 20.4 Å². The standard InChI is InChI=1S/C24H29F2N7O2/c1-16-6-7-24(2,15-33-10-12-35-13-11-33)8-9-27-22(29-16)21-19(14-28-32-21)30-23(34)31-20-17(25)4-3-5-18(20)26/h3-7,14H,1,8-13,15H2,2H3,(H,27,29)(H,28,32)(H2,30,31,34)/b7-6-. The molecule has 0 radical (unpaired) electrons. The summed E-state index contributed by atoms with van der Waals surface area (Å²) in [5, 5.41) is 14.8. The second-order valence-electron chi connectivity index (χ2n) is 8.83. The smallest absolute Gasteiger partial charge is 0.323 e. The Hall–Kier alpha value is -3.57. The molecule has 0 saturated carbocycles. The molecule has 3 heterocycles. The first kappa shape index (κ1) is 24.6. The molecule has 4 rings (SSSR count). The quantitative estimate of drug-likeness (QED) is 0.519. The molecule has 2 amide bonds. The first-order valence-electron chi connectivity index (χ1n) is 11.4. The van der Waals surface area contributed by atoms with Crippen LogP contribution in [0.1, 0.15) is 19.0 Å². The molecule has 1 saturated heterocycles. The molecule has 1 aromatic heterocycles. The molecule has 0 spiro atoms. The highest BCUT2D eigenvalue weighted by Crippen LogP contribution is 2.27. The molecule has 186 valence electrons. The van der Waals surface area contributed by atoms with Gasteiger partial charge in [-0.15, -0.1) is 0 Å². The van der Waals surface area contributed by atoms with E-state index in [1.54, 1.807) is 0 Å². The van der Waals surface area contributed by atoms with Crippen LogP contribution in [0.2, 0.25) is 0 Å². The van der Waals surface area contributed by atoms with E-state index in [1.807, 2.05) is 6.08 Å². The maximum atomic E-state index is 13.9. The maximum absolute atomic E-state index is 13.9. The fourth-order valence-corrected chi connectivity index (χ4v) is 4.03. The number of halogens is 2. The molecule has 2 aliphatic rings. The summed E-state index contributed by atoms with van der Waals surface area (Å²) < 4.78 is 33.2. The predicted octanol–water partition coefficient (Wildman–Crippen LogP) is 3.48. The number of H-pyrrole nitrogens is 1. The Morgan fingerprint density at radius 3 is 2.74 bits per heavy atom. The van der Waals surface area contributed by atoms with Gasteiger partial charge in [0.2, 0.25) is 0 Å². The van der Waals surface area contributed by atoms with E-state index < -0.39 is 23.4 Å². The molecule has 1 atom stereocenters. The number of nitrogens with zero attached hydrogens (tertiary/aromatic N) is 3. The highest BCUT2D eigenvalue weighted by atomic mass is 19.1. The Morgan fingerprint density at radius 1 is 1.26 bits per heavy atom. The van der Waals surface area contributed by atoms with Gasteiger partial charge in [-0.1, -0.05) is 25.6 Å². The summed E-state index contributed by atoms with van der Waals surface area (Å²) in [6.07, 6.45) is 6.33. The van der Waals surface area contributed by atoms with Crippen molar-refractivity contribution in [2.45, 2.75) is 13.3 Å². The normalized spacial score (nSPS) is 23.7. The molecule has 2 aliphatic heterocycles. The van der Waals surface area contributed by atoms with Crippen LogP contribution in [-0.4, -0.2) is 66.4 Å². The van der Waals surface area contributed by atoms with E-state index in [0.717, 1.165) is 51.4 Å². The number of amides is 2. The van der Waals surface area contributed by atoms with Crippen molar-refractivity contribution in [3.63, 3.8) is 0 Å². The summed E-state index contributed by atoms with van der Waals surface area (Å²) in [6, 6.07) is 2.52. The van der Waals surface area contributed by atoms with E-state index in [-0.39, 0.29) is 11.1 Å². The number of anilines is 2. The number of carbonyl (C=O) groups excluding carboxylic acids is 1. The fourth-order valence-electron chi connectivity index (χ4n) is 4.03. The second-order valence-corrected chi connectivity index (χ2v) is 8.83. The van der Waals surface area contributed by atoms with Gasteiger partial charge in [-0.2, -0.15) is 5.10 Å². The third kappa shape index (κ3) is 6.31. The Morgan fingerprint density at radius 2 is 2.00 bits per heavy atom. The van der Waals surface area contributed by atoms with Crippen LogP contribution in [0.15, 0.2) is 53.8 Å². The number of allylic oxidation sites excluding steroid dienone is 1. The van der Waals surface area contributed by atoms with Crippen molar-refractivity contribution < 1.29 is 18.3 Å². The number of benzene rings is 1. The number of nitrogens with one attached hydrogen (secondary N) is 4. The minimum absolute atomic E-state index is 0.114. The van der Waals surface area contributed by atoms with E-state index in [1.165, 1.54) is 12.3 Å². The lowest BCUT2D eigenvalue weighted by Gasteiger charge is -2.35. The number of aliphatic imine (C=N–C) groups is 1. The number of carbonyl (C=O) groups is 1. The minimum atomic E-state index is -0.877. The molecule has 35 heavy (non-hydrogen) atoms. The van der Waals surface area contributed by atoms with Crippen LogP contribution in [0.4, 0.5) is 25.0 Å². The lowest BCUT2D eigenvalue weighted by molar-refractivity contribution is 0.0242. The fraction of sp³-hybridized carbons (Fsp3) is 0.375. The summed E-state index contributed by atoms with van der Waals surface area (Å²) >= 11 is 0. The first-order valence-corrected chi connectivity index (χ1v) is 11.4. The van der Waals surface area contributed by atoms with Gasteiger partial charge in [-0.05, 0) is 24.6 Å². The molecule has 0 bridgehead atoms. The van der Waals surface area contributed by atoms with Gasteiger partial charge < -0.3 is 20.7 Å². The number of aromatic nitrogens is 2. The number of ether oxygens (including phenoxy) is 1. The summed E-state index contributed by atoms with van der Waals surface area (Å²) in [4.78, 5) is 19.5. The number of aromatic amines is 1. The Bertz CT molecular complexity index is 1120. The van der Waals surface area contributed by atoms with Crippen molar-refractivity contribution in [1.29, 1.82) is 0 Å². The molecule has 11 heteroatoms. The molecule has 1 aromatic carbocycles. The zero-order chi connectivity index (χ0) is 24.8. The first-order chi connectivity index (χ1) is 16.8. The third-order valence-electron chi connectivity index (χ3n) is 5.92. The Kier molecular flexibility index (Phi) is 7.57. The Balaban J connectivity index is 1.47. The number of amidine groups is 1. The van der Waals surface area contributed by atoms with Crippen LogP contribution in [0, 0.1) is 17.0 Å². The zero-order valence-electron chi connectivity index (χ0n) is 19.5. The monoisotopic (exact) mass is 485 g/mol. The van der Waals surface area contributed by atoms with Crippen LogP contribution in [0.3, 0.4) is 0 Å². The average molecular weight is 486 g/mol. The van der Waals surface area contributed by atoms with Crippen molar-refractivity contribution in [2.75, 3.05) is 50.0 Å². The van der Waals surface area contributed by atoms with Crippen LogP contribution < -0.4 is 16.0 Å². The van der Waals surface area contributed by atoms with E-state index in [9.17, 15) is 13.6 Å². The van der Waals surface area contributed by atoms with Crippen LogP contribution in [-0.2, 0) is 4.74 Å². The van der Waals surface area contributed by atoms with E-state index in [0.29, 0.717) is 23.8 Å². The molecule has 1 fully saturated rings. The van der Waals surface area contributed by atoms with Crippen molar-refractivity contribution in [3.8, 4) is 0 Å². The van der Waals surface area contributed by atoms with Gasteiger partial charge in [-0.3, -0.25) is 15.0 Å². The second kappa shape index (κ2) is 10.8. The zero-order valence-corrected chi connectivity index (χ0v) is 19.5. The lowest BCUT2D eigenvalue weighted by Crippen LogP contribution is -2.42. The Labute approximate surface area is 202 Å². The number of hydrogen-bond acceptors (Lipinski definition) is 6. The number of hydrogen-bond donors (Lipinski definition) is 4. The average Bonchev–Trinajstić information content (AvgIpc) is 3.29. The topological polar surface area (TPSA) is 107 Å². The van der Waals surface area contributed by atoms with Crippen LogP contribution >= 0.6 is 0 Å². The van der Waals surface area contributed by atoms with Gasteiger partial charge in [0, 0.05) is 43.5 Å². The van der Waals surface area contributed by atoms with Gasteiger partial charge in [-0.25, -0.2) is 13.6 Å². The maximum Gasteiger partial charge on any atom is 0.323 e. The van der Waals surface area contributed by atoms with E-state index in [2.05, 4.69) is 50.6 Å². The van der Waals surface area contributed by atoms with Crippen LogP contribution in [0.5, 0.6) is 0 Å². The van der Waals surface area contributed by atoms with Gasteiger partial charge >= 0.3 is 6.03 Å². The molecule has 9 nitrogen and oxygen atoms in total. The van der Waals surface area contributed by atoms with Crippen molar-refractivity contribution >= 4 is 23.2 Å². The van der Waals surface area contributed by atoms with Crippen molar-refractivity contribution in [2.24, 2.45) is 10.4 Å². The molecular formula is C24H29F2N7O2. The SMILES string of the molecule is C=C1/C=C\C(C)(CN2CCOCC2)CC/N=C(/c2n[nH]cc2NC(=O)Nc2c(F)cccc2F)N1. The minimum Gasteiger partial charge on any atom is -0.379 e. The van der Waals surface area contributed by atoms with E-state index >= 15 is 0 Å². The third-order valence-corrected chi connectivity index (χ3v) is 5.92. The highest BCUT2D eigenvalue weighted by molar-refractivity contribution is 6.07. The van der Waals surface area contributed by atoms with Gasteiger partial charge in [0.15, 0.2) is 11.5 Å². The number of urea groups is 1. The highest BCUT2D eigenvalue weighted by Gasteiger charge is 2.27. The van der Waals surface area contributed by atoms with Gasteiger partial charge in [0.05, 0.1) is 18.9 Å². The van der Waals surface area contributed by atoms with E-state index in [4.69, 9.17) is 9.73 Å². The summed E-state index contributed by atoms with van der Waals surface area (Å²) in [7, 11) is 0. The molecular weight excluding hydrogens is 456 g/mol. The number of morpholine rings is 1. The van der Waals surface area contributed by atoms with Crippen molar-refractivity contribution in [3.05, 3.63) is 66.2 Å². The summed E-state index contributed by atoms with van der Waals surface area (Å²) in [5.74, 6) is -1.33. The summed E-state index contributed by atoms with van der Waals surface area (Å²) in [5.41, 5.74) is 0.604.